The fourth-order valence-electron chi connectivity index (χ4n) is 4.16. The Labute approximate surface area is 166 Å². The normalized spacial score (nSPS) is 18.4. The van der Waals surface area contributed by atoms with Gasteiger partial charge in [-0.1, -0.05) is 17.7 Å². The van der Waals surface area contributed by atoms with Crippen LogP contribution in [0.25, 0.3) is 0 Å². The van der Waals surface area contributed by atoms with Gasteiger partial charge in [0.25, 0.3) is 0 Å². The van der Waals surface area contributed by atoms with Crippen molar-refractivity contribution in [3.8, 4) is 5.75 Å². The summed E-state index contributed by atoms with van der Waals surface area (Å²) >= 11 is 5.97. The molecule has 2 N–H and O–H groups in total. The van der Waals surface area contributed by atoms with E-state index in [0.29, 0.717) is 6.61 Å². The Morgan fingerprint density at radius 2 is 1.78 bits per heavy atom. The van der Waals surface area contributed by atoms with Crippen molar-refractivity contribution < 1.29 is 14.7 Å². The molecule has 1 heterocycles. The first-order valence-electron chi connectivity index (χ1n) is 9.94. The third-order valence-corrected chi connectivity index (χ3v) is 5.95. The summed E-state index contributed by atoms with van der Waals surface area (Å²) in [5.74, 6) is 0.886. The summed E-state index contributed by atoms with van der Waals surface area (Å²) in [5, 5.41) is 11.2. The monoisotopic (exact) mass is 387 g/mol. The molecule has 1 fully saturated rings. The molecule has 0 amide bonds. The van der Waals surface area contributed by atoms with Crippen LogP contribution in [0.5, 0.6) is 5.75 Å². The fourth-order valence-corrected chi connectivity index (χ4v) is 4.29. The van der Waals surface area contributed by atoms with Crippen molar-refractivity contribution in [3.05, 3.63) is 58.6 Å². The van der Waals surface area contributed by atoms with Crippen molar-refractivity contribution in [2.75, 3.05) is 44.2 Å². The molecular weight excluding hydrogens is 360 g/mol. The molecule has 5 heteroatoms. The number of benzene rings is 2. The number of halogens is 1. The Bertz CT molecular complexity index is 757. The number of nitrogens with one attached hydrogen (secondary N) is 1. The van der Waals surface area contributed by atoms with Gasteiger partial charge in [0.15, 0.2) is 0 Å². The summed E-state index contributed by atoms with van der Waals surface area (Å²) in [6, 6.07) is 14.4. The van der Waals surface area contributed by atoms with Gasteiger partial charge in [-0.2, -0.15) is 0 Å². The Morgan fingerprint density at radius 1 is 1.04 bits per heavy atom. The fraction of sp³-hybridized carbons (Fsp3) is 0.455. The van der Waals surface area contributed by atoms with Crippen molar-refractivity contribution in [1.29, 1.82) is 0 Å². The molecule has 1 aliphatic heterocycles. The van der Waals surface area contributed by atoms with Crippen LogP contribution in [0.1, 0.15) is 17.5 Å². The van der Waals surface area contributed by atoms with Crippen LogP contribution in [0, 0.1) is 0 Å². The molecule has 0 unspecified atom stereocenters. The van der Waals surface area contributed by atoms with E-state index in [1.165, 1.54) is 34.6 Å². The number of anilines is 1. The Hall–Kier alpha value is -1.75. The molecule has 0 spiro atoms. The van der Waals surface area contributed by atoms with Gasteiger partial charge in [-0.05, 0) is 66.8 Å². The topological polar surface area (TPSA) is 37.1 Å². The van der Waals surface area contributed by atoms with Crippen LogP contribution in [0.4, 0.5) is 5.69 Å². The number of aryl methyl sites for hydroxylation is 2. The molecule has 144 valence electrons. The zero-order chi connectivity index (χ0) is 18.6. The van der Waals surface area contributed by atoms with Gasteiger partial charge in [-0.3, -0.25) is 0 Å². The van der Waals surface area contributed by atoms with Gasteiger partial charge >= 0.3 is 0 Å². The second-order valence-electron chi connectivity index (χ2n) is 7.67. The lowest BCUT2D eigenvalue weighted by molar-refractivity contribution is -0.903. The lowest BCUT2D eigenvalue weighted by atomic mass is 10.1. The largest absolute Gasteiger partial charge is 0.491 e. The van der Waals surface area contributed by atoms with Gasteiger partial charge < -0.3 is 19.6 Å². The van der Waals surface area contributed by atoms with Crippen molar-refractivity contribution in [1.82, 2.24) is 0 Å². The van der Waals surface area contributed by atoms with Crippen LogP contribution in [0.2, 0.25) is 5.02 Å². The molecule has 0 bridgehead atoms. The maximum atomic E-state index is 10.4. The molecule has 0 saturated carbocycles. The van der Waals surface area contributed by atoms with E-state index < -0.39 is 6.10 Å². The van der Waals surface area contributed by atoms with E-state index in [-0.39, 0.29) is 0 Å². The van der Waals surface area contributed by atoms with Crippen molar-refractivity contribution >= 4 is 17.3 Å². The van der Waals surface area contributed by atoms with E-state index in [4.69, 9.17) is 16.3 Å². The first-order chi connectivity index (χ1) is 13.2. The van der Waals surface area contributed by atoms with Gasteiger partial charge in [-0.15, -0.1) is 0 Å². The number of piperazine rings is 1. The van der Waals surface area contributed by atoms with Crippen molar-refractivity contribution in [2.24, 2.45) is 0 Å². The molecule has 1 atom stereocenters. The van der Waals surface area contributed by atoms with Crippen molar-refractivity contribution in [3.63, 3.8) is 0 Å². The maximum Gasteiger partial charge on any atom is 0.137 e. The van der Waals surface area contributed by atoms with Gasteiger partial charge in [0.05, 0.1) is 26.2 Å². The molecule has 27 heavy (non-hydrogen) atoms. The van der Waals surface area contributed by atoms with E-state index in [9.17, 15) is 5.11 Å². The second-order valence-corrected chi connectivity index (χ2v) is 8.10. The molecule has 4 rings (SSSR count). The molecule has 0 aromatic heterocycles. The highest BCUT2D eigenvalue weighted by Gasteiger charge is 2.23. The molecule has 2 aromatic rings. The zero-order valence-corrected chi connectivity index (χ0v) is 16.4. The Kier molecular flexibility index (Phi) is 5.86. The minimum Gasteiger partial charge on any atom is -0.491 e. The number of aliphatic hydroxyl groups excluding tert-OH is 1. The highest BCUT2D eigenvalue weighted by molar-refractivity contribution is 6.30. The van der Waals surface area contributed by atoms with Gasteiger partial charge in [0.2, 0.25) is 0 Å². The number of ether oxygens (including phenoxy) is 1. The van der Waals surface area contributed by atoms with E-state index in [0.717, 1.165) is 49.9 Å². The average Bonchev–Trinajstić information content (AvgIpc) is 3.15. The molecule has 1 aliphatic carbocycles. The minimum atomic E-state index is -0.435. The molecular formula is C22H28ClN2O2+. The number of fused-ring (bicyclic) bond motifs is 1. The lowest BCUT2D eigenvalue weighted by Gasteiger charge is -2.34. The Balaban J connectivity index is 1.21. The average molecular weight is 388 g/mol. The molecule has 4 nitrogen and oxygen atoms in total. The number of nitrogens with zero attached hydrogens (tertiary/aromatic N) is 1. The number of hydrogen-bond acceptors (Lipinski definition) is 3. The standard InChI is InChI=1S/C22H27ClN2O2/c23-19-5-7-20(8-6-19)25-12-10-24(11-13-25)15-21(26)16-27-22-9-4-17-2-1-3-18(17)14-22/h4-9,14,21,26H,1-3,10-13,15-16H2/p+1/t21-/m1/s1. The zero-order valence-electron chi connectivity index (χ0n) is 15.7. The molecule has 1 saturated heterocycles. The summed E-state index contributed by atoms with van der Waals surface area (Å²) in [5.41, 5.74) is 4.08. The Morgan fingerprint density at radius 3 is 2.56 bits per heavy atom. The molecule has 2 aliphatic rings. The van der Waals surface area contributed by atoms with Crippen LogP contribution >= 0.6 is 11.6 Å². The van der Waals surface area contributed by atoms with Crippen LogP contribution in [-0.2, 0) is 12.8 Å². The first-order valence-corrected chi connectivity index (χ1v) is 10.3. The number of aliphatic hydroxyl groups is 1. The molecule has 2 aromatic carbocycles. The first kappa shape index (κ1) is 18.6. The quantitative estimate of drug-likeness (QED) is 0.795. The van der Waals surface area contributed by atoms with E-state index in [1.54, 1.807) is 0 Å². The molecule has 0 radical (unpaired) electrons. The summed E-state index contributed by atoms with van der Waals surface area (Å²) in [7, 11) is 0. The lowest BCUT2D eigenvalue weighted by Crippen LogP contribution is -3.16. The smallest absolute Gasteiger partial charge is 0.137 e. The van der Waals surface area contributed by atoms with Crippen LogP contribution in [0.15, 0.2) is 42.5 Å². The third kappa shape index (κ3) is 4.75. The van der Waals surface area contributed by atoms with Crippen molar-refractivity contribution in [2.45, 2.75) is 25.4 Å². The van der Waals surface area contributed by atoms with Gasteiger partial charge in [-0.25, -0.2) is 0 Å². The van der Waals surface area contributed by atoms with E-state index in [2.05, 4.69) is 29.2 Å². The second kappa shape index (κ2) is 8.51. The summed E-state index contributed by atoms with van der Waals surface area (Å²) in [6.07, 6.45) is 3.14. The van der Waals surface area contributed by atoms with E-state index in [1.807, 2.05) is 18.2 Å². The number of hydrogen-bond donors (Lipinski definition) is 2. The van der Waals surface area contributed by atoms with Gasteiger partial charge in [0.1, 0.15) is 25.0 Å². The van der Waals surface area contributed by atoms with Crippen LogP contribution in [0.3, 0.4) is 0 Å². The highest BCUT2D eigenvalue weighted by Crippen LogP contribution is 2.26. The maximum absolute atomic E-state index is 10.4. The van der Waals surface area contributed by atoms with Crippen LogP contribution in [-0.4, -0.2) is 50.5 Å². The highest BCUT2D eigenvalue weighted by atomic mass is 35.5. The minimum absolute atomic E-state index is 0.364. The van der Waals surface area contributed by atoms with Gasteiger partial charge in [0, 0.05) is 10.7 Å². The summed E-state index contributed by atoms with van der Waals surface area (Å²) in [4.78, 5) is 3.82. The van der Waals surface area contributed by atoms with Crippen LogP contribution < -0.4 is 14.5 Å². The predicted octanol–water partition coefficient (Wildman–Crippen LogP) is 1.97. The third-order valence-electron chi connectivity index (χ3n) is 5.70. The number of rotatable bonds is 6. The SMILES string of the molecule is O[C@@H](COc1ccc2c(c1)CCC2)C[NH+]1CCN(c2ccc(Cl)cc2)CC1. The van der Waals surface area contributed by atoms with E-state index >= 15 is 0 Å². The predicted molar refractivity (Wildman–Crippen MR) is 109 cm³/mol. The summed E-state index contributed by atoms with van der Waals surface area (Å²) < 4.78 is 5.85. The number of quaternary nitrogens is 1. The summed E-state index contributed by atoms with van der Waals surface area (Å²) in [6.45, 7) is 5.14.